The van der Waals surface area contributed by atoms with E-state index in [4.69, 9.17) is 26.8 Å². The maximum Gasteiger partial charge on any atom is 0.326 e. The van der Waals surface area contributed by atoms with Crippen LogP contribution in [0.25, 0.3) is 0 Å². The van der Waals surface area contributed by atoms with Crippen molar-refractivity contribution in [1.82, 2.24) is 5.32 Å². The number of nitrogens with one attached hydrogen (secondary N) is 1. The Morgan fingerprint density at radius 2 is 1.94 bits per heavy atom. The van der Waals surface area contributed by atoms with Crippen molar-refractivity contribution in [3.05, 3.63) is 0 Å². The third-order valence-corrected chi connectivity index (χ3v) is 2.04. The van der Waals surface area contributed by atoms with Gasteiger partial charge in [-0.05, 0) is 12.8 Å². The quantitative estimate of drug-likeness (QED) is 0.153. The highest BCUT2D eigenvalue weighted by Gasteiger charge is 2.22. The molecule has 9 nitrogen and oxygen atoms in total. The number of aliphatic carboxylic acids is 1. The minimum absolute atomic E-state index is 0.0957. The maximum absolute atomic E-state index is 11.2. The van der Waals surface area contributed by atoms with E-state index in [1.165, 1.54) is 0 Å². The Morgan fingerprint density at radius 1 is 1.33 bits per heavy atom. The van der Waals surface area contributed by atoms with Crippen molar-refractivity contribution >= 4 is 17.8 Å². The van der Waals surface area contributed by atoms with Crippen molar-refractivity contribution in [2.24, 2.45) is 16.5 Å². The van der Waals surface area contributed by atoms with Gasteiger partial charge in [-0.3, -0.25) is 9.79 Å². The molecule has 1 unspecified atom stereocenters. The summed E-state index contributed by atoms with van der Waals surface area (Å²) in [6.45, 7) is -0.531. The number of guanidine groups is 1. The van der Waals surface area contributed by atoms with Crippen LogP contribution in [0.5, 0.6) is 0 Å². The second kappa shape index (κ2) is 8.25. The highest BCUT2D eigenvalue weighted by molar-refractivity contribution is 5.86. The summed E-state index contributed by atoms with van der Waals surface area (Å²) in [7, 11) is 0. The Bertz CT molecular complexity index is 316. The van der Waals surface area contributed by atoms with Gasteiger partial charge in [0.15, 0.2) is 12.1 Å². The van der Waals surface area contributed by atoms with Gasteiger partial charge in [-0.15, -0.1) is 0 Å². The third-order valence-electron chi connectivity index (χ3n) is 2.04. The average Bonchev–Trinajstić information content (AvgIpc) is 2.30. The van der Waals surface area contributed by atoms with E-state index in [2.05, 4.69) is 10.3 Å². The summed E-state index contributed by atoms with van der Waals surface area (Å²) in [5.41, 5.74) is 10.2. The van der Waals surface area contributed by atoms with Crippen molar-refractivity contribution in [3.63, 3.8) is 0 Å². The van der Waals surface area contributed by atoms with E-state index in [9.17, 15) is 9.59 Å². The van der Waals surface area contributed by atoms with Crippen molar-refractivity contribution in [2.75, 3.05) is 13.2 Å². The predicted molar refractivity (Wildman–Crippen MR) is 62.6 cm³/mol. The molecule has 0 aliphatic rings. The Labute approximate surface area is 103 Å². The zero-order chi connectivity index (χ0) is 14.1. The number of nitrogens with two attached hydrogens (primary N) is 2. The van der Waals surface area contributed by atoms with Gasteiger partial charge in [-0.2, -0.15) is 0 Å². The van der Waals surface area contributed by atoms with E-state index in [0.717, 1.165) is 0 Å². The first-order valence-electron chi connectivity index (χ1n) is 5.26. The number of hydrogen-bond acceptors (Lipinski definition) is 5. The molecule has 0 saturated heterocycles. The summed E-state index contributed by atoms with van der Waals surface area (Å²) >= 11 is 0. The number of rotatable bonds is 8. The minimum Gasteiger partial charge on any atom is -0.480 e. The van der Waals surface area contributed by atoms with Gasteiger partial charge in [0.1, 0.15) is 6.04 Å². The molecule has 0 spiro atoms. The lowest BCUT2D eigenvalue weighted by Crippen LogP contribution is -2.46. The SMILES string of the molecule is NC(N)=NCCC[C@H](NC(=O)C(O)CO)C(=O)O. The molecule has 8 N–H and O–H groups in total. The van der Waals surface area contributed by atoms with Gasteiger partial charge in [0.05, 0.1) is 6.61 Å². The van der Waals surface area contributed by atoms with Crippen LogP contribution < -0.4 is 16.8 Å². The summed E-state index contributed by atoms with van der Waals surface area (Å²) in [6.07, 6.45) is -1.18. The summed E-state index contributed by atoms with van der Waals surface area (Å²) < 4.78 is 0. The molecule has 0 bridgehead atoms. The number of nitrogens with zero attached hydrogens (tertiary/aromatic N) is 1. The lowest BCUT2D eigenvalue weighted by molar-refractivity contribution is -0.144. The lowest BCUT2D eigenvalue weighted by Gasteiger charge is -2.15. The molecule has 0 rings (SSSR count). The molecule has 104 valence electrons. The summed E-state index contributed by atoms with van der Waals surface area (Å²) in [5, 5.41) is 28.5. The monoisotopic (exact) mass is 262 g/mol. The first-order valence-corrected chi connectivity index (χ1v) is 5.26. The molecule has 0 aliphatic carbocycles. The largest absolute Gasteiger partial charge is 0.480 e. The molecule has 9 heteroatoms. The Morgan fingerprint density at radius 3 is 2.39 bits per heavy atom. The lowest BCUT2D eigenvalue weighted by atomic mass is 10.1. The first kappa shape index (κ1) is 16.1. The zero-order valence-corrected chi connectivity index (χ0v) is 9.74. The normalized spacial score (nSPS) is 13.4. The highest BCUT2D eigenvalue weighted by atomic mass is 16.4. The van der Waals surface area contributed by atoms with Crippen LogP contribution in [0.15, 0.2) is 4.99 Å². The van der Waals surface area contributed by atoms with Crippen LogP contribution in [0.2, 0.25) is 0 Å². The number of carboxylic acid groups (broad SMARTS) is 1. The fourth-order valence-corrected chi connectivity index (χ4v) is 1.11. The van der Waals surface area contributed by atoms with Gasteiger partial charge < -0.3 is 32.1 Å². The molecule has 1 amide bonds. The zero-order valence-electron chi connectivity index (χ0n) is 9.74. The van der Waals surface area contributed by atoms with Crippen LogP contribution in [-0.2, 0) is 9.59 Å². The van der Waals surface area contributed by atoms with Crippen molar-refractivity contribution in [1.29, 1.82) is 0 Å². The molecule has 0 saturated carbocycles. The molecule has 0 aromatic carbocycles. The van der Waals surface area contributed by atoms with E-state index in [0.29, 0.717) is 6.42 Å². The molecule has 0 aromatic rings. The molecule has 18 heavy (non-hydrogen) atoms. The van der Waals surface area contributed by atoms with Crippen LogP contribution in [0.1, 0.15) is 12.8 Å². The molecule has 0 aliphatic heterocycles. The smallest absolute Gasteiger partial charge is 0.326 e. The molecular formula is C9H18N4O5. The van der Waals surface area contributed by atoms with Crippen molar-refractivity contribution in [2.45, 2.75) is 25.0 Å². The van der Waals surface area contributed by atoms with Gasteiger partial charge in [0, 0.05) is 6.54 Å². The second-order valence-corrected chi connectivity index (χ2v) is 3.55. The number of aliphatic imine (C=N–C) groups is 1. The van der Waals surface area contributed by atoms with Crippen LogP contribution in [-0.4, -0.2) is 58.5 Å². The van der Waals surface area contributed by atoms with E-state index in [1.807, 2.05) is 0 Å². The minimum atomic E-state index is -1.63. The average molecular weight is 262 g/mol. The maximum atomic E-state index is 11.2. The number of aliphatic hydroxyl groups is 2. The van der Waals surface area contributed by atoms with E-state index in [-0.39, 0.29) is 18.9 Å². The summed E-state index contributed by atoms with van der Waals surface area (Å²) in [4.78, 5) is 25.7. The van der Waals surface area contributed by atoms with Crippen LogP contribution in [0.3, 0.4) is 0 Å². The Hall–Kier alpha value is -1.87. The third kappa shape index (κ3) is 6.66. The number of carboxylic acids is 1. The summed E-state index contributed by atoms with van der Waals surface area (Å²) in [5.74, 6) is -2.27. The van der Waals surface area contributed by atoms with Crippen molar-refractivity contribution < 1.29 is 24.9 Å². The number of carbonyl (C=O) groups is 2. The van der Waals surface area contributed by atoms with Crippen LogP contribution >= 0.6 is 0 Å². The molecule has 0 heterocycles. The van der Waals surface area contributed by atoms with E-state index < -0.39 is 30.6 Å². The van der Waals surface area contributed by atoms with Crippen LogP contribution in [0.4, 0.5) is 0 Å². The second-order valence-electron chi connectivity index (χ2n) is 3.55. The molecule has 0 fully saturated rings. The highest BCUT2D eigenvalue weighted by Crippen LogP contribution is 1.99. The standard InChI is InChI=1S/C9H18N4O5/c10-9(11)12-3-1-2-5(8(17)18)13-7(16)6(15)4-14/h5-6,14-15H,1-4H2,(H,13,16)(H,17,18)(H4,10,11,12)/t5-,6?/m0/s1. The van der Waals surface area contributed by atoms with E-state index in [1.54, 1.807) is 0 Å². The van der Waals surface area contributed by atoms with Gasteiger partial charge in [-0.25, -0.2) is 4.79 Å². The van der Waals surface area contributed by atoms with Crippen LogP contribution in [0, 0.1) is 0 Å². The molecular weight excluding hydrogens is 244 g/mol. The van der Waals surface area contributed by atoms with Gasteiger partial charge in [0.25, 0.3) is 5.91 Å². The fraction of sp³-hybridized carbons (Fsp3) is 0.667. The van der Waals surface area contributed by atoms with E-state index >= 15 is 0 Å². The molecule has 0 aromatic heterocycles. The van der Waals surface area contributed by atoms with Gasteiger partial charge >= 0.3 is 5.97 Å². The Kier molecular flexibility index (Phi) is 7.40. The number of hydrogen-bond donors (Lipinski definition) is 6. The predicted octanol–water partition coefficient (Wildman–Crippen LogP) is -3.04. The molecule has 2 atom stereocenters. The topological polar surface area (TPSA) is 171 Å². The van der Waals surface area contributed by atoms with Gasteiger partial charge in [0.2, 0.25) is 0 Å². The number of carbonyl (C=O) groups excluding carboxylic acids is 1. The molecule has 0 radical (unpaired) electrons. The Balaban J connectivity index is 4.20. The van der Waals surface area contributed by atoms with Crippen molar-refractivity contribution in [3.8, 4) is 0 Å². The first-order chi connectivity index (χ1) is 8.38. The van der Waals surface area contributed by atoms with Gasteiger partial charge in [-0.1, -0.05) is 0 Å². The number of aliphatic hydroxyl groups excluding tert-OH is 2. The summed E-state index contributed by atoms with van der Waals surface area (Å²) in [6, 6.07) is -1.16. The number of amides is 1. The fourth-order valence-electron chi connectivity index (χ4n) is 1.11.